The van der Waals surface area contributed by atoms with Gasteiger partial charge in [-0.25, -0.2) is 8.78 Å². The Morgan fingerprint density at radius 2 is 1.95 bits per heavy atom. The minimum absolute atomic E-state index is 0.192. The first-order valence-corrected chi connectivity index (χ1v) is 5.59. The van der Waals surface area contributed by atoms with Crippen LogP contribution in [0.15, 0.2) is 18.2 Å². The standard InChI is InChI=1S/C12H11F4NO2/c13-11(14)12(15,16)10(19)7-1-3-8-6(5-7)2-4-9(18)17-8/h1,3,5,10-11,19H,2,4H2,(H,17,18). The largest absolute Gasteiger partial charge is 0.382 e. The van der Waals surface area contributed by atoms with Crippen LogP contribution in [0.2, 0.25) is 0 Å². The van der Waals surface area contributed by atoms with Crippen LogP contribution in [0, 0.1) is 0 Å². The van der Waals surface area contributed by atoms with E-state index in [0.29, 0.717) is 17.7 Å². The number of aliphatic hydroxyl groups is 1. The van der Waals surface area contributed by atoms with Gasteiger partial charge in [0.1, 0.15) is 6.10 Å². The summed E-state index contributed by atoms with van der Waals surface area (Å²) >= 11 is 0. The predicted molar refractivity (Wildman–Crippen MR) is 59.3 cm³/mol. The van der Waals surface area contributed by atoms with Crippen LogP contribution < -0.4 is 5.32 Å². The van der Waals surface area contributed by atoms with Gasteiger partial charge in [-0.15, -0.1) is 0 Å². The highest BCUT2D eigenvalue weighted by atomic mass is 19.3. The van der Waals surface area contributed by atoms with Gasteiger partial charge < -0.3 is 10.4 Å². The Balaban J connectivity index is 2.30. The lowest BCUT2D eigenvalue weighted by molar-refractivity contribution is -0.193. The van der Waals surface area contributed by atoms with Crippen molar-refractivity contribution in [2.24, 2.45) is 0 Å². The lowest BCUT2D eigenvalue weighted by Crippen LogP contribution is -2.34. The molecule has 1 aromatic rings. The molecule has 0 aliphatic carbocycles. The summed E-state index contributed by atoms with van der Waals surface area (Å²) in [5.74, 6) is -4.70. The molecule has 2 rings (SSSR count). The summed E-state index contributed by atoms with van der Waals surface area (Å²) in [4.78, 5) is 11.1. The second-order valence-corrected chi connectivity index (χ2v) is 4.34. The number of rotatable bonds is 3. The number of hydrogen-bond acceptors (Lipinski definition) is 2. The molecule has 0 saturated carbocycles. The Labute approximate surface area is 106 Å². The number of fused-ring (bicyclic) bond motifs is 1. The van der Waals surface area contributed by atoms with E-state index in [1.165, 1.54) is 12.1 Å². The van der Waals surface area contributed by atoms with Gasteiger partial charge in [-0.1, -0.05) is 12.1 Å². The zero-order valence-electron chi connectivity index (χ0n) is 9.67. The number of hydrogen-bond donors (Lipinski definition) is 2. The fourth-order valence-electron chi connectivity index (χ4n) is 1.91. The average Bonchev–Trinajstić information content (AvgIpc) is 2.37. The van der Waals surface area contributed by atoms with E-state index in [1.54, 1.807) is 0 Å². The van der Waals surface area contributed by atoms with Crippen LogP contribution in [0.3, 0.4) is 0 Å². The van der Waals surface area contributed by atoms with E-state index in [0.717, 1.165) is 6.07 Å². The Kier molecular flexibility index (Phi) is 3.49. The number of alkyl halides is 4. The molecular formula is C12H11F4NO2. The molecule has 2 N–H and O–H groups in total. The molecular weight excluding hydrogens is 266 g/mol. The van der Waals surface area contributed by atoms with Gasteiger partial charge in [0.2, 0.25) is 5.91 Å². The van der Waals surface area contributed by atoms with E-state index in [1.807, 2.05) is 0 Å². The molecule has 0 radical (unpaired) electrons. The molecule has 1 atom stereocenters. The lowest BCUT2D eigenvalue weighted by Gasteiger charge is -2.24. The second kappa shape index (κ2) is 4.80. The Bertz CT molecular complexity index is 505. The topological polar surface area (TPSA) is 49.3 Å². The third-order valence-corrected chi connectivity index (χ3v) is 3.00. The molecule has 1 aliphatic rings. The Hall–Kier alpha value is -1.63. The van der Waals surface area contributed by atoms with Crippen LogP contribution in [0.1, 0.15) is 23.7 Å². The van der Waals surface area contributed by atoms with Crippen molar-refractivity contribution >= 4 is 11.6 Å². The van der Waals surface area contributed by atoms with E-state index < -0.39 is 18.5 Å². The summed E-state index contributed by atoms with van der Waals surface area (Å²) in [5, 5.41) is 11.9. The smallest absolute Gasteiger partial charge is 0.336 e. The van der Waals surface area contributed by atoms with Crippen molar-refractivity contribution in [3.05, 3.63) is 29.3 Å². The van der Waals surface area contributed by atoms with Gasteiger partial charge in [0, 0.05) is 12.1 Å². The SMILES string of the molecule is O=C1CCc2cc(C(O)C(F)(F)C(F)F)ccc2N1. The average molecular weight is 277 g/mol. The van der Waals surface area contributed by atoms with Gasteiger partial charge in [-0.3, -0.25) is 4.79 Å². The van der Waals surface area contributed by atoms with E-state index in [-0.39, 0.29) is 17.9 Å². The second-order valence-electron chi connectivity index (χ2n) is 4.34. The minimum Gasteiger partial charge on any atom is -0.382 e. The number of carbonyl (C=O) groups is 1. The highest BCUT2D eigenvalue weighted by Crippen LogP contribution is 2.38. The van der Waals surface area contributed by atoms with Crippen molar-refractivity contribution in [2.45, 2.75) is 31.3 Å². The molecule has 0 aromatic heterocycles. The number of aryl methyl sites for hydroxylation is 1. The number of anilines is 1. The fourth-order valence-corrected chi connectivity index (χ4v) is 1.91. The molecule has 1 aliphatic heterocycles. The highest BCUT2D eigenvalue weighted by molar-refractivity contribution is 5.93. The molecule has 0 saturated heterocycles. The number of nitrogens with one attached hydrogen (secondary N) is 1. The van der Waals surface area contributed by atoms with Crippen molar-refractivity contribution in [1.82, 2.24) is 0 Å². The summed E-state index contributed by atoms with van der Waals surface area (Å²) in [5.41, 5.74) is 0.703. The monoisotopic (exact) mass is 277 g/mol. The maximum atomic E-state index is 13.1. The zero-order valence-corrected chi connectivity index (χ0v) is 9.67. The van der Waals surface area contributed by atoms with Crippen LogP contribution in [-0.2, 0) is 11.2 Å². The summed E-state index contributed by atoms with van der Waals surface area (Å²) in [6.45, 7) is 0. The summed E-state index contributed by atoms with van der Waals surface area (Å²) in [6.07, 6.45) is -6.01. The molecule has 1 aromatic carbocycles. The number of carbonyl (C=O) groups excluding carboxylic acids is 1. The van der Waals surface area contributed by atoms with Crippen molar-refractivity contribution in [2.75, 3.05) is 5.32 Å². The number of amides is 1. The maximum Gasteiger partial charge on any atom is 0.336 e. The molecule has 1 unspecified atom stereocenters. The zero-order chi connectivity index (χ0) is 14.2. The fraction of sp³-hybridized carbons (Fsp3) is 0.417. The van der Waals surface area contributed by atoms with Gasteiger partial charge in [0.05, 0.1) is 0 Å². The van der Waals surface area contributed by atoms with Crippen LogP contribution in [0.25, 0.3) is 0 Å². The quantitative estimate of drug-likeness (QED) is 0.834. The molecule has 1 amide bonds. The third-order valence-electron chi connectivity index (χ3n) is 3.00. The third kappa shape index (κ3) is 2.56. The van der Waals surface area contributed by atoms with Gasteiger partial charge in [0.25, 0.3) is 0 Å². The number of benzene rings is 1. The summed E-state index contributed by atoms with van der Waals surface area (Å²) in [6, 6.07) is 3.65. The molecule has 0 bridgehead atoms. The summed E-state index contributed by atoms with van der Waals surface area (Å²) < 4.78 is 50.4. The van der Waals surface area contributed by atoms with Crippen LogP contribution >= 0.6 is 0 Å². The molecule has 3 nitrogen and oxygen atoms in total. The first-order chi connectivity index (χ1) is 8.82. The first-order valence-electron chi connectivity index (χ1n) is 5.59. The highest BCUT2D eigenvalue weighted by Gasteiger charge is 2.48. The minimum atomic E-state index is -4.51. The molecule has 104 valence electrons. The van der Waals surface area contributed by atoms with Crippen molar-refractivity contribution in [3.8, 4) is 0 Å². The van der Waals surface area contributed by atoms with Crippen LogP contribution in [0.5, 0.6) is 0 Å². The van der Waals surface area contributed by atoms with Crippen molar-refractivity contribution in [1.29, 1.82) is 0 Å². The first kappa shape index (κ1) is 13.8. The van der Waals surface area contributed by atoms with E-state index >= 15 is 0 Å². The van der Waals surface area contributed by atoms with Gasteiger partial charge in [-0.05, 0) is 23.6 Å². The van der Waals surface area contributed by atoms with Gasteiger partial charge >= 0.3 is 12.3 Å². The number of halogens is 4. The van der Waals surface area contributed by atoms with Crippen molar-refractivity contribution < 1.29 is 27.5 Å². The van der Waals surface area contributed by atoms with E-state index in [4.69, 9.17) is 0 Å². The number of aliphatic hydroxyl groups excluding tert-OH is 1. The Morgan fingerprint density at radius 3 is 2.58 bits per heavy atom. The summed E-state index contributed by atoms with van der Waals surface area (Å²) in [7, 11) is 0. The van der Waals surface area contributed by atoms with Gasteiger partial charge in [0.15, 0.2) is 0 Å². The lowest BCUT2D eigenvalue weighted by atomic mass is 9.96. The van der Waals surface area contributed by atoms with E-state index in [2.05, 4.69) is 5.32 Å². The van der Waals surface area contributed by atoms with Gasteiger partial charge in [-0.2, -0.15) is 8.78 Å². The van der Waals surface area contributed by atoms with Crippen molar-refractivity contribution in [3.63, 3.8) is 0 Å². The van der Waals surface area contributed by atoms with E-state index in [9.17, 15) is 27.5 Å². The predicted octanol–water partition coefficient (Wildman–Crippen LogP) is 2.51. The molecule has 0 spiro atoms. The van der Waals surface area contributed by atoms with Crippen LogP contribution in [0.4, 0.5) is 23.2 Å². The molecule has 7 heteroatoms. The normalized spacial score (nSPS) is 17.1. The molecule has 0 fully saturated rings. The molecule has 1 heterocycles. The Morgan fingerprint density at radius 1 is 1.26 bits per heavy atom. The maximum absolute atomic E-state index is 13.1. The molecule has 19 heavy (non-hydrogen) atoms. The van der Waals surface area contributed by atoms with Crippen LogP contribution in [-0.4, -0.2) is 23.4 Å².